The smallest absolute Gasteiger partial charge is 0.218 e. The largest absolute Gasteiger partial charge is 0.475 e. The van der Waals surface area contributed by atoms with Gasteiger partial charge in [-0.3, -0.25) is 4.99 Å². The summed E-state index contributed by atoms with van der Waals surface area (Å²) in [6.45, 7) is 4.88. The van der Waals surface area contributed by atoms with Gasteiger partial charge in [-0.1, -0.05) is 6.07 Å². The highest BCUT2D eigenvalue weighted by Crippen LogP contribution is 2.36. The Kier molecular flexibility index (Phi) is 7.65. The molecule has 0 amide bonds. The lowest BCUT2D eigenvalue weighted by Gasteiger charge is -2.24. The quantitative estimate of drug-likeness (QED) is 0.424. The Morgan fingerprint density at radius 1 is 1.42 bits per heavy atom. The van der Waals surface area contributed by atoms with Crippen molar-refractivity contribution in [2.24, 2.45) is 4.99 Å². The van der Waals surface area contributed by atoms with E-state index in [9.17, 15) is 0 Å². The molecule has 1 aliphatic rings. The van der Waals surface area contributed by atoms with Crippen LogP contribution in [0.3, 0.4) is 0 Å². The zero-order valence-corrected chi connectivity index (χ0v) is 15.6. The Morgan fingerprint density at radius 2 is 2.29 bits per heavy atom. The fraction of sp³-hybridized carbons (Fsp3) is 0.647. The molecule has 0 aromatic carbocycles. The third-order valence-electron chi connectivity index (χ3n) is 3.98. The minimum Gasteiger partial charge on any atom is -0.475 e. The van der Waals surface area contributed by atoms with Gasteiger partial charge in [-0.15, -0.1) is 0 Å². The standard InChI is InChI=1S/C17H28N4O2S/c1-17(7-5-11-24-17)13-21-16(18-2)20-12-14-6-4-8-19-15(14)23-10-9-22-3/h4,6,8H,5,7,9-13H2,1-3H3,(H2,18,20,21). The molecule has 0 spiro atoms. The first-order chi connectivity index (χ1) is 11.7. The molecule has 1 aromatic rings. The van der Waals surface area contributed by atoms with E-state index in [4.69, 9.17) is 9.47 Å². The van der Waals surface area contributed by atoms with E-state index in [1.807, 2.05) is 23.9 Å². The summed E-state index contributed by atoms with van der Waals surface area (Å²) < 4.78 is 11.0. The van der Waals surface area contributed by atoms with Crippen molar-refractivity contribution < 1.29 is 9.47 Å². The van der Waals surface area contributed by atoms with Gasteiger partial charge in [0.25, 0.3) is 0 Å². The summed E-state index contributed by atoms with van der Waals surface area (Å²) in [6.07, 6.45) is 4.28. The van der Waals surface area contributed by atoms with Crippen LogP contribution in [0.5, 0.6) is 5.88 Å². The molecule has 0 saturated carbocycles. The number of nitrogens with one attached hydrogen (secondary N) is 2. The molecular formula is C17H28N4O2S. The molecule has 0 radical (unpaired) electrons. The van der Waals surface area contributed by atoms with Crippen LogP contribution in [0.25, 0.3) is 0 Å². The van der Waals surface area contributed by atoms with E-state index < -0.39 is 0 Å². The van der Waals surface area contributed by atoms with Crippen LogP contribution in [0.1, 0.15) is 25.3 Å². The molecule has 2 rings (SSSR count). The van der Waals surface area contributed by atoms with Crippen LogP contribution in [0.2, 0.25) is 0 Å². The second kappa shape index (κ2) is 9.74. The summed E-state index contributed by atoms with van der Waals surface area (Å²) in [6, 6.07) is 3.91. The molecular weight excluding hydrogens is 324 g/mol. The monoisotopic (exact) mass is 352 g/mol. The van der Waals surface area contributed by atoms with Gasteiger partial charge in [-0.25, -0.2) is 4.98 Å². The minimum atomic E-state index is 0.306. The molecule has 1 unspecified atom stereocenters. The molecule has 1 aliphatic heterocycles. The van der Waals surface area contributed by atoms with Crippen LogP contribution >= 0.6 is 11.8 Å². The van der Waals surface area contributed by atoms with Crippen molar-refractivity contribution in [1.82, 2.24) is 15.6 Å². The van der Waals surface area contributed by atoms with E-state index in [0.29, 0.717) is 30.4 Å². The SMILES string of the molecule is CN=C(NCc1cccnc1OCCOC)NCC1(C)CCCS1. The van der Waals surface area contributed by atoms with Crippen LogP contribution in [-0.2, 0) is 11.3 Å². The van der Waals surface area contributed by atoms with E-state index in [2.05, 4.69) is 27.5 Å². The van der Waals surface area contributed by atoms with Gasteiger partial charge in [0.2, 0.25) is 5.88 Å². The first kappa shape index (κ1) is 18.9. The van der Waals surface area contributed by atoms with Crippen molar-refractivity contribution in [2.75, 3.05) is 39.7 Å². The highest BCUT2D eigenvalue weighted by Gasteiger charge is 2.29. The van der Waals surface area contributed by atoms with Crippen LogP contribution in [0.4, 0.5) is 0 Å². The molecule has 6 nitrogen and oxygen atoms in total. The highest BCUT2D eigenvalue weighted by atomic mass is 32.2. The average Bonchev–Trinajstić information content (AvgIpc) is 3.03. The first-order valence-corrected chi connectivity index (χ1v) is 9.29. The van der Waals surface area contributed by atoms with E-state index >= 15 is 0 Å². The second-order valence-electron chi connectivity index (χ2n) is 5.99. The average molecular weight is 353 g/mol. The molecule has 2 heterocycles. The maximum atomic E-state index is 5.66. The zero-order valence-electron chi connectivity index (χ0n) is 14.8. The molecule has 2 N–H and O–H groups in total. The van der Waals surface area contributed by atoms with Crippen molar-refractivity contribution >= 4 is 17.7 Å². The lowest BCUT2D eigenvalue weighted by atomic mass is 10.1. The number of hydrogen-bond donors (Lipinski definition) is 2. The predicted octanol–water partition coefficient (Wildman–Crippen LogP) is 2.06. The van der Waals surface area contributed by atoms with Crippen LogP contribution in [-0.4, -0.2) is 55.4 Å². The molecule has 1 saturated heterocycles. The number of rotatable bonds is 8. The van der Waals surface area contributed by atoms with Crippen molar-refractivity contribution in [3.63, 3.8) is 0 Å². The summed E-state index contributed by atoms with van der Waals surface area (Å²) in [4.78, 5) is 8.60. The van der Waals surface area contributed by atoms with Gasteiger partial charge >= 0.3 is 0 Å². The molecule has 0 aliphatic carbocycles. The Labute approximate surface area is 148 Å². The van der Waals surface area contributed by atoms with Gasteiger partial charge in [-0.2, -0.15) is 11.8 Å². The summed E-state index contributed by atoms with van der Waals surface area (Å²) in [5.74, 6) is 2.69. The van der Waals surface area contributed by atoms with Crippen molar-refractivity contribution in [1.29, 1.82) is 0 Å². The van der Waals surface area contributed by atoms with Crippen molar-refractivity contribution in [2.45, 2.75) is 31.1 Å². The molecule has 1 aromatic heterocycles. The molecule has 24 heavy (non-hydrogen) atoms. The van der Waals surface area contributed by atoms with Crippen LogP contribution in [0.15, 0.2) is 23.3 Å². The number of methoxy groups -OCH3 is 1. The van der Waals surface area contributed by atoms with Gasteiger partial charge < -0.3 is 20.1 Å². The summed E-state index contributed by atoms with van der Waals surface area (Å²) in [5.41, 5.74) is 0.998. The van der Waals surface area contributed by atoms with Crippen LogP contribution in [0, 0.1) is 0 Å². The molecule has 1 atom stereocenters. The predicted molar refractivity (Wildman–Crippen MR) is 99.9 cm³/mol. The summed E-state index contributed by atoms with van der Waals surface area (Å²) >= 11 is 2.04. The Balaban J connectivity index is 1.84. The first-order valence-electron chi connectivity index (χ1n) is 8.31. The minimum absolute atomic E-state index is 0.306. The molecule has 7 heteroatoms. The Morgan fingerprint density at radius 3 is 3.00 bits per heavy atom. The number of guanidine groups is 1. The number of pyridine rings is 1. The maximum absolute atomic E-state index is 5.66. The lowest BCUT2D eigenvalue weighted by molar-refractivity contribution is 0.143. The topological polar surface area (TPSA) is 67.8 Å². The van der Waals surface area contributed by atoms with E-state index in [1.54, 1.807) is 20.4 Å². The third kappa shape index (κ3) is 5.87. The third-order valence-corrected chi connectivity index (χ3v) is 5.51. The fourth-order valence-electron chi connectivity index (χ4n) is 2.56. The highest BCUT2D eigenvalue weighted by molar-refractivity contribution is 8.00. The number of thioether (sulfide) groups is 1. The van der Waals surface area contributed by atoms with E-state index in [0.717, 1.165) is 18.1 Å². The fourth-order valence-corrected chi connectivity index (χ4v) is 3.80. The number of nitrogens with zero attached hydrogens (tertiary/aromatic N) is 2. The lowest BCUT2D eigenvalue weighted by Crippen LogP contribution is -2.43. The molecule has 134 valence electrons. The number of hydrogen-bond acceptors (Lipinski definition) is 5. The van der Waals surface area contributed by atoms with Gasteiger partial charge in [-0.05, 0) is 31.6 Å². The number of aromatic nitrogens is 1. The van der Waals surface area contributed by atoms with Crippen LogP contribution < -0.4 is 15.4 Å². The maximum Gasteiger partial charge on any atom is 0.218 e. The van der Waals surface area contributed by atoms with Gasteiger partial charge in [0, 0.05) is 43.8 Å². The van der Waals surface area contributed by atoms with E-state index in [-0.39, 0.29) is 0 Å². The molecule has 1 fully saturated rings. The normalized spacial score (nSPS) is 20.9. The van der Waals surface area contributed by atoms with Gasteiger partial charge in [0.1, 0.15) is 6.61 Å². The number of ether oxygens (including phenoxy) is 2. The molecule has 0 bridgehead atoms. The second-order valence-corrected chi connectivity index (χ2v) is 7.67. The zero-order chi connectivity index (χ0) is 17.3. The van der Waals surface area contributed by atoms with E-state index in [1.165, 1.54) is 18.6 Å². The Bertz CT molecular complexity index is 533. The number of aliphatic imine (C=N–C) groups is 1. The van der Waals surface area contributed by atoms with Crippen molar-refractivity contribution in [3.8, 4) is 5.88 Å². The van der Waals surface area contributed by atoms with Gasteiger partial charge in [0.15, 0.2) is 5.96 Å². The summed E-state index contributed by atoms with van der Waals surface area (Å²) in [7, 11) is 3.45. The van der Waals surface area contributed by atoms with Crippen molar-refractivity contribution in [3.05, 3.63) is 23.9 Å². The van der Waals surface area contributed by atoms with Gasteiger partial charge in [0.05, 0.1) is 6.61 Å². The summed E-state index contributed by atoms with van der Waals surface area (Å²) in [5, 5.41) is 6.77. The Hall–Kier alpha value is -1.47.